The first-order valence-corrected chi connectivity index (χ1v) is 7.93. The lowest BCUT2D eigenvalue weighted by Crippen LogP contribution is -2.34. The van der Waals surface area contributed by atoms with Crippen LogP contribution in [0.15, 0.2) is 48.5 Å². The summed E-state index contributed by atoms with van der Waals surface area (Å²) in [7, 11) is 1.62. The number of methoxy groups -OCH3 is 1. The maximum atomic E-state index is 12.3. The minimum absolute atomic E-state index is 0.107. The van der Waals surface area contributed by atoms with Gasteiger partial charge in [-0.2, -0.15) is 0 Å². The second-order valence-corrected chi connectivity index (χ2v) is 6.16. The molecule has 2 aliphatic heterocycles. The predicted molar refractivity (Wildman–Crippen MR) is 86.8 cm³/mol. The molecule has 0 saturated carbocycles. The van der Waals surface area contributed by atoms with Crippen molar-refractivity contribution in [3.63, 3.8) is 0 Å². The number of carbonyl (C=O) groups is 1. The topological polar surface area (TPSA) is 47.6 Å². The molecule has 4 heteroatoms. The zero-order chi connectivity index (χ0) is 15.8. The molecule has 4 rings (SSSR count). The quantitative estimate of drug-likeness (QED) is 0.699. The lowest BCUT2D eigenvalue weighted by Gasteiger charge is -2.30. The fraction of sp³-hybridized carbons (Fsp3) is 0.316. The number of ether oxygens (including phenoxy) is 2. The number of nitrogens with one attached hydrogen (secondary N) is 1. The second-order valence-electron chi connectivity index (χ2n) is 6.16. The van der Waals surface area contributed by atoms with Gasteiger partial charge >= 0.3 is 5.97 Å². The van der Waals surface area contributed by atoms with Gasteiger partial charge in [-0.1, -0.05) is 36.4 Å². The summed E-state index contributed by atoms with van der Waals surface area (Å²) in [4.78, 5) is 12.3. The van der Waals surface area contributed by atoms with Gasteiger partial charge in [0.1, 0.15) is 11.5 Å². The van der Waals surface area contributed by atoms with Crippen molar-refractivity contribution in [3.05, 3.63) is 59.7 Å². The van der Waals surface area contributed by atoms with Gasteiger partial charge in [0.15, 0.2) is 0 Å². The van der Waals surface area contributed by atoms with E-state index in [1.807, 2.05) is 18.2 Å². The van der Waals surface area contributed by atoms with Gasteiger partial charge in [-0.3, -0.25) is 4.79 Å². The Bertz CT molecular complexity index is 729. The normalized spacial score (nSPS) is 25.4. The Labute approximate surface area is 135 Å². The van der Waals surface area contributed by atoms with Gasteiger partial charge in [-0.25, -0.2) is 0 Å². The Hall–Kier alpha value is -2.33. The van der Waals surface area contributed by atoms with E-state index in [0.29, 0.717) is 18.0 Å². The minimum atomic E-state index is -0.140. The van der Waals surface area contributed by atoms with Crippen LogP contribution in [-0.4, -0.2) is 25.7 Å². The summed E-state index contributed by atoms with van der Waals surface area (Å²) in [6.07, 6.45) is 0.904. The van der Waals surface area contributed by atoms with Crippen molar-refractivity contribution in [2.45, 2.75) is 18.4 Å². The second kappa shape index (κ2) is 5.70. The molecule has 3 atom stereocenters. The van der Waals surface area contributed by atoms with Crippen molar-refractivity contribution < 1.29 is 14.3 Å². The molecule has 2 aliphatic rings. The highest BCUT2D eigenvalue weighted by Crippen LogP contribution is 2.44. The molecule has 2 aromatic carbocycles. The number of fused-ring (bicyclic) bond motifs is 3. The summed E-state index contributed by atoms with van der Waals surface area (Å²) in [5.74, 6) is 1.25. The van der Waals surface area contributed by atoms with Crippen LogP contribution in [0.4, 0.5) is 0 Å². The molecule has 0 aromatic heterocycles. The highest BCUT2D eigenvalue weighted by atomic mass is 16.5. The van der Waals surface area contributed by atoms with E-state index in [9.17, 15) is 4.79 Å². The summed E-state index contributed by atoms with van der Waals surface area (Å²) in [6, 6.07) is 16.4. The van der Waals surface area contributed by atoms with Crippen LogP contribution in [0.3, 0.4) is 0 Å². The van der Waals surface area contributed by atoms with E-state index in [1.54, 1.807) is 13.2 Å². The molecule has 0 bridgehead atoms. The van der Waals surface area contributed by atoms with E-state index >= 15 is 0 Å². The smallest absolute Gasteiger partial charge is 0.316 e. The fourth-order valence-corrected chi connectivity index (χ4v) is 3.73. The zero-order valence-electron chi connectivity index (χ0n) is 13.0. The summed E-state index contributed by atoms with van der Waals surface area (Å²) in [5.41, 5.74) is 2.38. The first kappa shape index (κ1) is 14.3. The molecule has 118 valence electrons. The van der Waals surface area contributed by atoms with Gasteiger partial charge in [0, 0.05) is 30.1 Å². The van der Waals surface area contributed by atoms with Crippen LogP contribution in [0.1, 0.15) is 17.0 Å². The molecule has 1 fully saturated rings. The van der Waals surface area contributed by atoms with Gasteiger partial charge in [-0.15, -0.1) is 0 Å². The number of benzene rings is 2. The monoisotopic (exact) mass is 309 g/mol. The van der Waals surface area contributed by atoms with Crippen LogP contribution in [0.2, 0.25) is 0 Å². The minimum Gasteiger partial charge on any atom is -0.497 e. The number of hydrogen-bond donors (Lipinski definition) is 1. The van der Waals surface area contributed by atoms with Crippen molar-refractivity contribution >= 4 is 5.97 Å². The van der Waals surface area contributed by atoms with Gasteiger partial charge < -0.3 is 14.8 Å². The lowest BCUT2D eigenvalue weighted by atomic mass is 9.80. The van der Waals surface area contributed by atoms with Gasteiger partial charge in [0.05, 0.1) is 13.0 Å². The lowest BCUT2D eigenvalue weighted by molar-refractivity contribution is -0.140. The van der Waals surface area contributed by atoms with Crippen molar-refractivity contribution in [3.8, 4) is 11.5 Å². The largest absolute Gasteiger partial charge is 0.497 e. The molecule has 1 N–H and O–H groups in total. The van der Waals surface area contributed by atoms with Crippen LogP contribution in [0.5, 0.6) is 11.5 Å². The van der Waals surface area contributed by atoms with Crippen LogP contribution in [-0.2, 0) is 11.2 Å². The molecule has 0 amide bonds. The van der Waals surface area contributed by atoms with E-state index < -0.39 is 0 Å². The Kier molecular flexibility index (Phi) is 3.54. The molecule has 3 unspecified atom stereocenters. The van der Waals surface area contributed by atoms with Crippen LogP contribution in [0.25, 0.3) is 0 Å². The molecule has 0 radical (unpaired) electrons. The Morgan fingerprint density at radius 3 is 2.83 bits per heavy atom. The maximum Gasteiger partial charge on any atom is 0.316 e. The Balaban J connectivity index is 1.68. The number of hydrogen-bond acceptors (Lipinski definition) is 4. The number of esters is 1. The molecule has 2 heterocycles. The first-order chi connectivity index (χ1) is 11.3. The highest BCUT2D eigenvalue weighted by Gasteiger charge is 2.46. The summed E-state index contributed by atoms with van der Waals surface area (Å²) in [6.45, 7) is 0.673. The third kappa shape index (κ3) is 2.49. The number of rotatable bonds is 3. The molecule has 23 heavy (non-hydrogen) atoms. The maximum absolute atomic E-state index is 12.3. The van der Waals surface area contributed by atoms with Crippen molar-refractivity contribution in [2.24, 2.45) is 5.92 Å². The summed E-state index contributed by atoms with van der Waals surface area (Å²) in [5, 5.41) is 3.51. The molecular formula is C19H19NO3. The Morgan fingerprint density at radius 2 is 2.04 bits per heavy atom. The standard InChI is InChI=1S/C19H19NO3/c1-22-13-7-8-14-17(10-13)23-19(21)15-11-20-16(18(14)15)9-12-5-3-2-4-6-12/h2-8,10,15-16,18,20H,9,11H2,1H3. The first-order valence-electron chi connectivity index (χ1n) is 7.93. The van der Waals surface area contributed by atoms with Crippen LogP contribution >= 0.6 is 0 Å². The van der Waals surface area contributed by atoms with Gasteiger partial charge in [0.25, 0.3) is 0 Å². The third-order valence-corrected chi connectivity index (χ3v) is 4.86. The fourth-order valence-electron chi connectivity index (χ4n) is 3.73. The molecule has 4 nitrogen and oxygen atoms in total. The zero-order valence-corrected chi connectivity index (χ0v) is 13.0. The average molecular weight is 309 g/mol. The van der Waals surface area contributed by atoms with Gasteiger partial charge in [-0.05, 0) is 18.1 Å². The van der Waals surface area contributed by atoms with E-state index in [4.69, 9.17) is 9.47 Å². The number of carbonyl (C=O) groups excluding carboxylic acids is 1. The van der Waals surface area contributed by atoms with Gasteiger partial charge in [0.2, 0.25) is 0 Å². The average Bonchev–Trinajstić information content (AvgIpc) is 3.00. The molecular weight excluding hydrogens is 290 g/mol. The molecule has 0 spiro atoms. The third-order valence-electron chi connectivity index (χ3n) is 4.86. The summed E-state index contributed by atoms with van der Waals surface area (Å²) >= 11 is 0. The molecule has 0 aliphatic carbocycles. The van der Waals surface area contributed by atoms with Crippen molar-refractivity contribution in [2.75, 3.05) is 13.7 Å². The van der Waals surface area contributed by atoms with Crippen molar-refractivity contribution in [1.82, 2.24) is 5.32 Å². The predicted octanol–water partition coefficient (Wildman–Crippen LogP) is 2.53. The van der Waals surface area contributed by atoms with Crippen LogP contribution < -0.4 is 14.8 Å². The van der Waals surface area contributed by atoms with E-state index in [1.165, 1.54) is 5.56 Å². The molecule has 2 aromatic rings. The van der Waals surface area contributed by atoms with Crippen LogP contribution in [0, 0.1) is 5.92 Å². The van der Waals surface area contributed by atoms with E-state index in [-0.39, 0.29) is 23.8 Å². The molecule has 1 saturated heterocycles. The van der Waals surface area contributed by atoms with E-state index in [2.05, 4.69) is 29.6 Å². The Morgan fingerprint density at radius 1 is 1.22 bits per heavy atom. The van der Waals surface area contributed by atoms with Crippen molar-refractivity contribution in [1.29, 1.82) is 0 Å². The highest BCUT2D eigenvalue weighted by molar-refractivity contribution is 5.80. The van der Waals surface area contributed by atoms with E-state index in [0.717, 1.165) is 12.0 Å². The SMILES string of the molecule is COc1ccc2c(c1)OC(=O)C1CNC(Cc3ccccc3)C21. The summed E-state index contributed by atoms with van der Waals surface area (Å²) < 4.78 is 10.8.